The van der Waals surface area contributed by atoms with Gasteiger partial charge in [-0.15, -0.1) is 0 Å². The number of benzene rings is 1. The number of halogens is 2. The predicted octanol–water partition coefficient (Wildman–Crippen LogP) is 5.01. The third-order valence-corrected chi connectivity index (χ3v) is 5.25. The molecule has 0 bridgehead atoms. The third-order valence-electron chi connectivity index (χ3n) is 4.84. The number of rotatable bonds is 6. The maximum atomic E-state index is 14.4. The van der Waals surface area contributed by atoms with Crippen LogP contribution in [0.25, 0.3) is 22.4 Å². The van der Waals surface area contributed by atoms with Gasteiger partial charge in [0.15, 0.2) is 0 Å². The Labute approximate surface area is 188 Å². The molecule has 0 unspecified atom stereocenters. The monoisotopic (exact) mass is 450 g/mol. The highest BCUT2D eigenvalue weighted by Gasteiger charge is 2.15. The zero-order chi connectivity index (χ0) is 22.7. The molecule has 3 aromatic rings. The molecule has 32 heavy (non-hydrogen) atoms. The Hall–Kier alpha value is -3.72. The van der Waals surface area contributed by atoms with E-state index in [1.54, 1.807) is 23.0 Å². The average Bonchev–Trinajstić information content (AvgIpc) is 3.21. The van der Waals surface area contributed by atoms with Crippen LogP contribution in [0.5, 0.6) is 0 Å². The largest absolute Gasteiger partial charge is 0.361 e. The van der Waals surface area contributed by atoms with Gasteiger partial charge in [-0.05, 0) is 35.9 Å². The van der Waals surface area contributed by atoms with Crippen LogP contribution in [-0.2, 0) is 7.05 Å². The first kappa shape index (κ1) is 21.5. The SMILES string of the molecule is CSNc1cc(/C(C=N)=C2\C=CC(c3cnn(C)c3)=CN2)cc(-c2ccc(F)cc2F)n1. The van der Waals surface area contributed by atoms with Crippen molar-refractivity contribution in [3.63, 3.8) is 0 Å². The molecular weight excluding hydrogens is 430 g/mol. The van der Waals surface area contributed by atoms with E-state index in [9.17, 15) is 8.78 Å². The van der Waals surface area contributed by atoms with Crippen molar-refractivity contribution in [1.29, 1.82) is 5.41 Å². The minimum Gasteiger partial charge on any atom is -0.361 e. The summed E-state index contributed by atoms with van der Waals surface area (Å²) in [5, 5.41) is 15.4. The second-order valence-electron chi connectivity index (χ2n) is 7.01. The van der Waals surface area contributed by atoms with Gasteiger partial charge in [0, 0.05) is 66.0 Å². The Morgan fingerprint density at radius 1 is 1.22 bits per heavy atom. The summed E-state index contributed by atoms with van der Waals surface area (Å²) in [6, 6.07) is 6.85. The van der Waals surface area contributed by atoms with Crippen LogP contribution in [0, 0.1) is 17.0 Å². The molecule has 0 saturated carbocycles. The molecular formula is C23H20F2N6S. The second kappa shape index (κ2) is 9.19. The number of anilines is 1. The number of nitrogens with zero attached hydrogens (tertiary/aromatic N) is 3. The lowest BCUT2D eigenvalue weighted by atomic mass is 9.99. The van der Waals surface area contributed by atoms with E-state index in [1.807, 2.05) is 37.9 Å². The van der Waals surface area contributed by atoms with Crippen LogP contribution in [0.1, 0.15) is 11.1 Å². The molecule has 0 aliphatic carbocycles. The number of aromatic nitrogens is 3. The van der Waals surface area contributed by atoms with E-state index in [1.165, 1.54) is 30.3 Å². The van der Waals surface area contributed by atoms with Gasteiger partial charge in [0.1, 0.15) is 17.5 Å². The summed E-state index contributed by atoms with van der Waals surface area (Å²) in [4.78, 5) is 4.45. The van der Waals surface area contributed by atoms with Gasteiger partial charge >= 0.3 is 0 Å². The summed E-state index contributed by atoms with van der Waals surface area (Å²) in [6.45, 7) is 0. The van der Waals surface area contributed by atoms with Crippen LogP contribution >= 0.6 is 11.9 Å². The zero-order valence-corrected chi connectivity index (χ0v) is 18.2. The van der Waals surface area contributed by atoms with Crippen molar-refractivity contribution in [1.82, 2.24) is 20.1 Å². The van der Waals surface area contributed by atoms with Crippen molar-refractivity contribution in [2.75, 3.05) is 11.0 Å². The standard InChI is InChI=1S/C23H20F2N6S/c1-31-13-16(12-28-31)14-3-6-21(27-11-14)19(10-26)15-7-22(29-23(8-15)30-32-2)18-5-4-17(24)9-20(18)25/h3-13,26-27H,1-2H3,(H,29,30)/b21-19+,26-10?. The maximum absolute atomic E-state index is 14.4. The van der Waals surface area contributed by atoms with Gasteiger partial charge < -0.3 is 15.4 Å². The molecule has 6 nitrogen and oxygen atoms in total. The van der Waals surface area contributed by atoms with Crippen molar-refractivity contribution in [2.24, 2.45) is 7.05 Å². The van der Waals surface area contributed by atoms with Crippen LogP contribution in [-0.4, -0.2) is 27.2 Å². The molecule has 2 aromatic heterocycles. The van der Waals surface area contributed by atoms with Crippen LogP contribution in [0.15, 0.2) is 66.8 Å². The fraction of sp³-hybridized carbons (Fsp3) is 0.0870. The van der Waals surface area contributed by atoms with Gasteiger partial charge in [0.05, 0.1) is 11.9 Å². The smallest absolute Gasteiger partial charge is 0.137 e. The fourth-order valence-electron chi connectivity index (χ4n) is 3.34. The van der Waals surface area contributed by atoms with E-state index in [2.05, 4.69) is 20.1 Å². The number of dihydropyridines is 1. The van der Waals surface area contributed by atoms with Gasteiger partial charge in [-0.3, -0.25) is 4.68 Å². The van der Waals surface area contributed by atoms with Gasteiger partial charge in [-0.1, -0.05) is 18.0 Å². The highest BCUT2D eigenvalue weighted by Crippen LogP contribution is 2.30. The normalized spacial score (nSPS) is 14.6. The molecule has 4 rings (SSSR count). The molecule has 1 aliphatic rings. The molecule has 0 fully saturated rings. The number of allylic oxidation sites excluding steroid dienone is 4. The first-order valence-electron chi connectivity index (χ1n) is 9.64. The molecule has 0 atom stereocenters. The van der Waals surface area contributed by atoms with Crippen molar-refractivity contribution in [3.05, 3.63) is 89.5 Å². The number of hydrogen-bond donors (Lipinski definition) is 3. The van der Waals surface area contributed by atoms with Crippen molar-refractivity contribution in [3.8, 4) is 11.3 Å². The molecule has 1 aromatic carbocycles. The van der Waals surface area contributed by atoms with Crippen molar-refractivity contribution in [2.45, 2.75) is 0 Å². The fourth-order valence-corrected chi connectivity index (χ4v) is 3.65. The Bertz CT molecular complexity index is 1280. The molecule has 0 radical (unpaired) electrons. The van der Waals surface area contributed by atoms with Crippen LogP contribution in [0.2, 0.25) is 0 Å². The zero-order valence-electron chi connectivity index (χ0n) is 17.4. The molecule has 0 spiro atoms. The summed E-state index contributed by atoms with van der Waals surface area (Å²) < 4.78 is 32.6. The second-order valence-corrected chi connectivity index (χ2v) is 7.62. The Kier molecular flexibility index (Phi) is 6.18. The number of aryl methyl sites for hydroxylation is 1. The van der Waals surface area contributed by atoms with Crippen LogP contribution < -0.4 is 10.0 Å². The van der Waals surface area contributed by atoms with Crippen molar-refractivity contribution >= 4 is 35.1 Å². The topological polar surface area (TPSA) is 78.6 Å². The van der Waals surface area contributed by atoms with Crippen LogP contribution in [0.3, 0.4) is 0 Å². The first-order chi connectivity index (χ1) is 15.5. The summed E-state index contributed by atoms with van der Waals surface area (Å²) >= 11 is 1.34. The van der Waals surface area contributed by atoms with Gasteiger partial charge in [-0.2, -0.15) is 5.10 Å². The van der Waals surface area contributed by atoms with E-state index < -0.39 is 11.6 Å². The summed E-state index contributed by atoms with van der Waals surface area (Å²) in [7, 11) is 1.85. The highest BCUT2D eigenvalue weighted by molar-refractivity contribution is 7.99. The summed E-state index contributed by atoms with van der Waals surface area (Å²) in [5.74, 6) is -0.853. The molecule has 9 heteroatoms. The first-order valence-corrected chi connectivity index (χ1v) is 10.9. The Morgan fingerprint density at radius 2 is 2.06 bits per heavy atom. The number of pyridine rings is 1. The third kappa shape index (κ3) is 4.47. The molecule has 0 saturated heterocycles. The minimum absolute atomic E-state index is 0.178. The maximum Gasteiger partial charge on any atom is 0.137 e. The van der Waals surface area contributed by atoms with Gasteiger partial charge in [0.2, 0.25) is 0 Å². The lowest BCUT2D eigenvalue weighted by molar-refractivity contribution is 0.585. The molecule has 162 valence electrons. The Morgan fingerprint density at radius 3 is 2.69 bits per heavy atom. The minimum atomic E-state index is -0.700. The molecule has 3 heterocycles. The van der Waals surface area contributed by atoms with Crippen molar-refractivity contribution < 1.29 is 8.78 Å². The Balaban J connectivity index is 1.75. The van der Waals surface area contributed by atoms with Gasteiger partial charge in [0.25, 0.3) is 0 Å². The molecule has 1 aliphatic heterocycles. The lowest BCUT2D eigenvalue weighted by Gasteiger charge is -2.16. The lowest BCUT2D eigenvalue weighted by Crippen LogP contribution is -2.11. The summed E-state index contributed by atoms with van der Waals surface area (Å²) in [6.07, 6.45) is 12.4. The molecule has 3 N–H and O–H groups in total. The average molecular weight is 451 g/mol. The van der Waals surface area contributed by atoms with E-state index in [0.717, 1.165) is 17.2 Å². The van der Waals surface area contributed by atoms with E-state index in [4.69, 9.17) is 5.41 Å². The number of nitrogens with one attached hydrogen (secondary N) is 3. The van der Waals surface area contributed by atoms with Gasteiger partial charge in [-0.25, -0.2) is 13.8 Å². The predicted molar refractivity (Wildman–Crippen MR) is 126 cm³/mol. The molecule has 0 amide bonds. The number of hydrogen-bond acceptors (Lipinski definition) is 6. The van der Waals surface area contributed by atoms with E-state index in [0.29, 0.717) is 28.3 Å². The van der Waals surface area contributed by atoms with E-state index in [-0.39, 0.29) is 5.56 Å². The summed E-state index contributed by atoms with van der Waals surface area (Å²) in [5.41, 5.74) is 4.41. The van der Waals surface area contributed by atoms with E-state index >= 15 is 0 Å². The van der Waals surface area contributed by atoms with Crippen LogP contribution in [0.4, 0.5) is 14.6 Å². The quantitative estimate of drug-likeness (QED) is 0.363. The highest BCUT2D eigenvalue weighted by atomic mass is 32.2.